The average molecular weight is 410 g/mol. The number of aromatic nitrogens is 2. The third kappa shape index (κ3) is 4.37. The number of amides is 2. The van der Waals surface area contributed by atoms with Gasteiger partial charge in [-0.05, 0) is 44.0 Å². The summed E-state index contributed by atoms with van der Waals surface area (Å²) in [6, 6.07) is 9.21. The molecular weight excluding hydrogens is 384 g/mol. The number of para-hydroxylation sites is 1. The molecule has 0 aliphatic carbocycles. The van der Waals surface area contributed by atoms with E-state index in [2.05, 4.69) is 10.4 Å². The van der Waals surface area contributed by atoms with Crippen LogP contribution in [0, 0.1) is 13.8 Å². The van der Waals surface area contributed by atoms with Crippen LogP contribution in [0.2, 0.25) is 0 Å². The first-order chi connectivity index (χ1) is 14.3. The molecule has 0 atom stereocenters. The van der Waals surface area contributed by atoms with Crippen molar-refractivity contribution in [2.75, 3.05) is 19.4 Å². The number of rotatable bonds is 7. The van der Waals surface area contributed by atoms with Crippen molar-refractivity contribution in [3.8, 4) is 5.75 Å². The smallest absolute Gasteiger partial charge is 0.291 e. The van der Waals surface area contributed by atoms with Gasteiger partial charge in [0.25, 0.3) is 11.8 Å². The summed E-state index contributed by atoms with van der Waals surface area (Å²) >= 11 is 0. The van der Waals surface area contributed by atoms with Crippen LogP contribution in [-0.2, 0) is 13.2 Å². The van der Waals surface area contributed by atoms with Crippen molar-refractivity contribution in [3.63, 3.8) is 0 Å². The number of carbonyl (C=O) groups is 2. The number of ether oxygens (including phenoxy) is 1. The summed E-state index contributed by atoms with van der Waals surface area (Å²) in [6.07, 6.45) is 1.46. The summed E-state index contributed by atoms with van der Waals surface area (Å²) < 4.78 is 13.1. The van der Waals surface area contributed by atoms with E-state index in [0.717, 1.165) is 16.9 Å². The Morgan fingerprint density at radius 1 is 1.17 bits per heavy atom. The van der Waals surface area contributed by atoms with Crippen LogP contribution < -0.4 is 10.1 Å². The van der Waals surface area contributed by atoms with Crippen LogP contribution in [0.3, 0.4) is 0 Å². The molecule has 3 aromatic rings. The molecule has 0 unspecified atom stereocenters. The van der Waals surface area contributed by atoms with Crippen molar-refractivity contribution >= 4 is 17.5 Å². The lowest BCUT2D eigenvalue weighted by Crippen LogP contribution is -2.26. The number of furan rings is 1. The van der Waals surface area contributed by atoms with Crippen molar-refractivity contribution in [3.05, 3.63) is 64.9 Å². The maximum atomic E-state index is 12.6. The fraction of sp³-hybridized carbons (Fsp3) is 0.318. The predicted octanol–water partition coefficient (Wildman–Crippen LogP) is 3.65. The Hall–Kier alpha value is -3.55. The van der Waals surface area contributed by atoms with E-state index in [4.69, 9.17) is 9.15 Å². The number of aryl methyl sites for hydroxylation is 3. The fourth-order valence-corrected chi connectivity index (χ4v) is 3.09. The molecule has 8 heteroatoms. The van der Waals surface area contributed by atoms with Gasteiger partial charge in [-0.3, -0.25) is 14.3 Å². The average Bonchev–Trinajstić information content (AvgIpc) is 3.34. The molecule has 158 valence electrons. The van der Waals surface area contributed by atoms with Gasteiger partial charge in [0.1, 0.15) is 23.8 Å². The van der Waals surface area contributed by atoms with Gasteiger partial charge < -0.3 is 19.4 Å². The van der Waals surface area contributed by atoms with E-state index in [-0.39, 0.29) is 18.3 Å². The summed E-state index contributed by atoms with van der Waals surface area (Å²) in [5.74, 6) is 0.751. The predicted molar refractivity (Wildman–Crippen MR) is 113 cm³/mol. The van der Waals surface area contributed by atoms with E-state index in [0.29, 0.717) is 23.7 Å². The van der Waals surface area contributed by atoms with Gasteiger partial charge in [0, 0.05) is 20.6 Å². The zero-order chi connectivity index (χ0) is 21.8. The summed E-state index contributed by atoms with van der Waals surface area (Å²) in [5.41, 5.74) is 2.72. The molecule has 8 nitrogen and oxygen atoms in total. The van der Waals surface area contributed by atoms with Crippen LogP contribution in [-0.4, -0.2) is 40.6 Å². The molecular formula is C22H26N4O4. The van der Waals surface area contributed by atoms with Gasteiger partial charge in [-0.25, -0.2) is 0 Å². The monoisotopic (exact) mass is 410 g/mol. The van der Waals surface area contributed by atoms with Crippen molar-refractivity contribution in [2.24, 2.45) is 0 Å². The zero-order valence-corrected chi connectivity index (χ0v) is 17.9. The first kappa shape index (κ1) is 21.2. The minimum atomic E-state index is -0.461. The maximum Gasteiger partial charge on any atom is 0.291 e. The number of carbonyl (C=O) groups excluding carboxylic acids is 2. The first-order valence-corrected chi connectivity index (χ1v) is 9.68. The number of nitrogens with zero attached hydrogens (tertiary/aromatic N) is 3. The minimum absolute atomic E-state index is 0.127. The second-order valence-corrected chi connectivity index (χ2v) is 7.15. The maximum absolute atomic E-state index is 12.6. The Morgan fingerprint density at radius 3 is 2.50 bits per heavy atom. The normalized spacial score (nSPS) is 10.7. The topological polar surface area (TPSA) is 89.6 Å². The second-order valence-electron chi connectivity index (χ2n) is 7.15. The van der Waals surface area contributed by atoms with Crippen molar-refractivity contribution in [1.82, 2.24) is 14.7 Å². The Kier molecular flexibility index (Phi) is 6.25. The zero-order valence-electron chi connectivity index (χ0n) is 17.9. The van der Waals surface area contributed by atoms with Gasteiger partial charge >= 0.3 is 0 Å². The number of hydrogen-bond donors (Lipinski definition) is 1. The molecule has 2 heterocycles. The summed E-state index contributed by atoms with van der Waals surface area (Å²) in [4.78, 5) is 26.6. The molecule has 0 radical (unpaired) electrons. The highest BCUT2D eigenvalue weighted by Crippen LogP contribution is 2.24. The van der Waals surface area contributed by atoms with Crippen LogP contribution in [0.25, 0.3) is 0 Å². The molecule has 0 aliphatic rings. The number of anilines is 1. The van der Waals surface area contributed by atoms with E-state index < -0.39 is 5.91 Å². The Labute approximate surface area is 175 Å². The summed E-state index contributed by atoms with van der Waals surface area (Å²) in [6.45, 7) is 6.54. The molecule has 2 amide bonds. The number of hydrogen-bond acceptors (Lipinski definition) is 5. The molecule has 30 heavy (non-hydrogen) atoms. The van der Waals surface area contributed by atoms with E-state index in [1.807, 2.05) is 39.0 Å². The lowest BCUT2D eigenvalue weighted by Gasteiger charge is -2.13. The van der Waals surface area contributed by atoms with Crippen molar-refractivity contribution < 1.29 is 18.7 Å². The van der Waals surface area contributed by atoms with E-state index in [1.54, 1.807) is 30.9 Å². The Morgan fingerprint density at radius 2 is 1.87 bits per heavy atom. The van der Waals surface area contributed by atoms with E-state index >= 15 is 0 Å². The van der Waals surface area contributed by atoms with E-state index in [1.165, 1.54) is 11.1 Å². The summed E-state index contributed by atoms with van der Waals surface area (Å²) in [7, 11) is 3.30. The van der Waals surface area contributed by atoms with Crippen LogP contribution >= 0.6 is 0 Å². The number of nitrogens with one attached hydrogen (secondary N) is 1. The third-order valence-electron chi connectivity index (χ3n) is 4.65. The molecule has 1 N–H and O–H groups in total. The summed E-state index contributed by atoms with van der Waals surface area (Å²) in [5, 5.41) is 6.89. The van der Waals surface area contributed by atoms with Gasteiger partial charge in [-0.2, -0.15) is 5.10 Å². The van der Waals surface area contributed by atoms with Crippen LogP contribution in [0.1, 0.15) is 44.9 Å². The molecule has 0 aliphatic heterocycles. The third-order valence-corrected chi connectivity index (χ3v) is 4.65. The molecule has 0 saturated heterocycles. The largest absolute Gasteiger partial charge is 0.485 e. The lowest BCUT2D eigenvalue weighted by molar-refractivity contribution is 0.0816. The molecule has 3 rings (SSSR count). The van der Waals surface area contributed by atoms with Gasteiger partial charge in [-0.1, -0.05) is 18.2 Å². The number of benzene rings is 1. The SMILES string of the molecule is CCn1ncc(NC(=O)c2ccc(COc3c(C)cccc3C)o2)c1C(=O)N(C)C. The Balaban J connectivity index is 1.72. The molecule has 0 saturated carbocycles. The standard InChI is InChI=1S/C22H26N4O4/c1-6-26-19(22(28)25(4)5)17(12-23-26)24-21(27)18-11-10-16(30-18)13-29-20-14(2)8-7-9-15(20)3/h7-12H,6,13H2,1-5H3,(H,24,27). The highest BCUT2D eigenvalue weighted by Gasteiger charge is 2.22. The van der Waals surface area contributed by atoms with Crippen molar-refractivity contribution in [2.45, 2.75) is 33.9 Å². The highest BCUT2D eigenvalue weighted by molar-refractivity contribution is 6.07. The highest BCUT2D eigenvalue weighted by atomic mass is 16.5. The Bertz CT molecular complexity index is 1040. The molecule has 2 aromatic heterocycles. The lowest BCUT2D eigenvalue weighted by atomic mass is 10.1. The quantitative estimate of drug-likeness (QED) is 0.642. The van der Waals surface area contributed by atoms with Crippen LogP contribution in [0.15, 0.2) is 40.9 Å². The molecule has 0 bridgehead atoms. The van der Waals surface area contributed by atoms with Crippen LogP contribution in [0.5, 0.6) is 5.75 Å². The van der Waals surface area contributed by atoms with Gasteiger partial charge in [0.2, 0.25) is 0 Å². The fourth-order valence-electron chi connectivity index (χ4n) is 3.09. The molecule has 1 aromatic carbocycles. The molecule has 0 fully saturated rings. The first-order valence-electron chi connectivity index (χ1n) is 9.68. The van der Waals surface area contributed by atoms with Gasteiger partial charge in [0.15, 0.2) is 5.76 Å². The minimum Gasteiger partial charge on any atom is -0.485 e. The van der Waals surface area contributed by atoms with Crippen LogP contribution in [0.4, 0.5) is 5.69 Å². The van der Waals surface area contributed by atoms with Gasteiger partial charge in [0.05, 0.1) is 11.9 Å². The van der Waals surface area contributed by atoms with Gasteiger partial charge in [-0.15, -0.1) is 0 Å². The molecule has 0 spiro atoms. The van der Waals surface area contributed by atoms with Crippen molar-refractivity contribution in [1.29, 1.82) is 0 Å². The van der Waals surface area contributed by atoms with E-state index in [9.17, 15) is 9.59 Å². The second kappa shape index (κ2) is 8.86.